The molecule has 0 aliphatic carbocycles. The van der Waals surface area contributed by atoms with Gasteiger partial charge in [0.05, 0.1) is 26.5 Å². The van der Waals surface area contributed by atoms with Crippen molar-refractivity contribution in [2.24, 2.45) is 0 Å². The second kappa shape index (κ2) is 6.27. The molecule has 0 unspecified atom stereocenters. The van der Waals surface area contributed by atoms with E-state index in [9.17, 15) is 9.59 Å². The monoisotopic (exact) mass is 278 g/mol. The summed E-state index contributed by atoms with van der Waals surface area (Å²) in [6.45, 7) is 0.722. The second-order valence-electron chi connectivity index (χ2n) is 4.53. The normalized spacial score (nSPS) is 14.3. The molecular formula is C14H18N2O4. The zero-order valence-electron chi connectivity index (χ0n) is 11.6. The third-order valence-corrected chi connectivity index (χ3v) is 3.19. The van der Waals surface area contributed by atoms with Crippen molar-refractivity contribution in [1.82, 2.24) is 4.90 Å². The molecule has 0 aromatic heterocycles. The first-order valence-corrected chi connectivity index (χ1v) is 6.43. The summed E-state index contributed by atoms with van der Waals surface area (Å²) < 4.78 is 10.3. The molecule has 0 atom stereocenters. The van der Waals surface area contributed by atoms with E-state index in [1.54, 1.807) is 30.2 Å². The van der Waals surface area contributed by atoms with Crippen LogP contribution in [0, 0.1) is 0 Å². The van der Waals surface area contributed by atoms with E-state index in [4.69, 9.17) is 9.47 Å². The van der Waals surface area contributed by atoms with Crippen molar-refractivity contribution in [2.45, 2.75) is 12.8 Å². The molecule has 1 saturated heterocycles. The maximum absolute atomic E-state index is 11.9. The van der Waals surface area contributed by atoms with Gasteiger partial charge >= 0.3 is 0 Å². The molecule has 1 aliphatic heterocycles. The standard InChI is InChI=1S/C14H18N2O4/c1-19-10-5-6-11(12(8-10)20-2)15-13(17)9-16-7-3-4-14(16)18/h5-6,8H,3-4,7,9H2,1-2H3,(H,15,17). The van der Waals surface area contributed by atoms with Crippen LogP contribution in [0.15, 0.2) is 18.2 Å². The molecule has 1 fully saturated rings. The van der Waals surface area contributed by atoms with Crippen LogP contribution in [0.5, 0.6) is 11.5 Å². The zero-order chi connectivity index (χ0) is 14.5. The number of nitrogens with zero attached hydrogens (tertiary/aromatic N) is 1. The van der Waals surface area contributed by atoms with Crippen LogP contribution >= 0.6 is 0 Å². The smallest absolute Gasteiger partial charge is 0.244 e. The lowest BCUT2D eigenvalue weighted by Gasteiger charge is -2.16. The molecule has 2 rings (SSSR count). The van der Waals surface area contributed by atoms with Crippen LogP contribution in [0.25, 0.3) is 0 Å². The van der Waals surface area contributed by atoms with Crippen LogP contribution < -0.4 is 14.8 Å². The lowest BCUT2D eigenvalue weighted by Crippen LogP contribution is -2.34. The van der Waals surface area contributed by atoms with Gasteiger partial charge in [0.2, 0.25) is 11.8 Å². The Bertz CT molecular complexity index is 516. The van der Waals surface area contributed by atoms with Gasteiger partial charge in [-0.15, -0.1) is 0 Å². The first kappa shape index (κ1) is 14.2. The Morgan fingerprint density at radius 1 is 1.35 bits per heavy atom. The highest BCUT2D eigenvalue weighted by atomic mass is 16.5. The minimum atomic E-state index is -0.233. The zero-order valence-corrected chi connectivity index (χ0v) is 11.6. The van der Waals surface area contributed by atoms with E-state index in [1.165, 1.54) is 7.11 Å². The van der Waals surface area contributed by atoms with Gasteiger partial charge in [0.1, 0.15) is 11.5 Å². The van der Waals surface area contributed by atoms with Gasteiger partial charge in [-0.05, 0) is 18.6 Å². The molecule has 108 valence electrons. The van der Waals surface area contributed by atoms with Gasteiger partial charge in [-0.3, -0.25) is 9.59 Å². The molecule has 0 radical (unpaired) electrons. The number of ether oxygens (including phenoxy) is 2. The molecule has 1 aliphatic rings. The Hall–Kier alpha value is -2.24. The van der Waals surface area contributed by atoms with Crippen molar-refractivity contribution in [3.63, 3.8) is 0 Å². The highest BCUT2D eigenvalue weighted by Gasteiger charge is 2.22. The maximum atomic E-state index is 11.9. The van der Waals surface area contributed by atoms with Crippen molar-refractivity contribution < 1.29 is 19.1 Å². The number of nitrogens with one attached hydrogen (secondary N) is 1. The Labute approximate surface area is 117 Å². The number of hydrogen-bond donors (Lipinski definition) is 1. The van der Waals surface area contributed by atoms with Crippen molar-refractivity contribution in [2.75, 3.05) is 32.6 Å². The number of rotatable bonds is 5. The Morgan fingerprint density at radius 3 is 2.75 bits per heavy atom. The number of methoxy groups -OCH3 is 2. The van der Waals surface area contributed by atoms with E-state index >= 15 is 0 Å². The van der Waals surface area contributed by atoms with Gasteiger partial charge in [-0.2, -0.15) is 0 Å². The summed E-state index contributed by atoms with van der Waals surface area (Å²) in [7, 11) is 3.08. The third kappa shape index (κ3) is 3.20. The Kier molecular flexibility index (Phi) is 4.45. The number of carbonyl (C=O) groups excluding carboxylic acids is 2. The van der Waals surface area contributed by atoms with Crippen LogP contribution in [0.1, 0.15) is 12.8 Å². The predicted octanol–water partition coefficient (Wildman–Crippen LogP) is 1.26. The van der Waals surface area contributed by atoms with E-state index in [2.05, 4.69) is 5.32 Å². The summed E-state index contributed by atoms with van der Waals surface area (Å²) in [6.07, 6.45) is 1.34. The summed E-state index contributed by atoms with van der Waals surface area (Å²) in [5.74, 6) is 0.964. The number of benzene rings is 1. The average Bonchev–Trinajstić information content (AvgIpc) is 2.84. The number of carbonyl (C=O) groups is 2. The number of hydrogen-bond acceptors (Lipinski definition) is 4. The van der Waals surface area contributed by atoms with Crippen molar-refractivity contribution >= 4 is 17.5 Å². The van der Waals surface area contributed by atoms with Crippen LogP contribution in [0.2, 0.25) is 0 Å². The molecule has 6 nitrogen and oxygen atoms in total. The molecule has 1 N–H and O–H groups in total. The molecule has 1 aromatic carbocycles. The Morgan fingerprint density at radius 2 is 2.15 bits per heavy atom. The molecule has 6 heteroatoms. The van der Waals surface area contributed by atoms with E-state index in [-0.39, 0.29) is 18.4 Å². The molecule has 2 amide bonds. The van der Waals surface area contributed by atoms with Crippen LogP contribution in [0.4, 0.5) is 5.69 Å². The van der Waals surface area contributed by atoms with Gasteiger partial charge in [-0.25, -0.2) is 0 Å². The minimum Gasteiger partial charge on any atom is -0.497 e. The highest BCUT2D eigenvalue weighted by molar-refractivity contribution is 5.96. The van der Waals surface area contributed by atoms with Crippen LogP contribution in [0.3, 0.4) is 0 Å². The minimum absolute atomic E-state index is 0.0295. The summed E-state index contributed by atoms with van der Waals surface area (Å²) >= 11 is 0. The Balaban J connectivity index is 2.01. The summed E-state index contributed by atoms with van der Waals surface area (Å²) in [4.78, 5) is 25.0. The highest BCUT2D eigenvalue weighted by Crippen LogP contribution is 2.29. The second-order valence-corrected chi connectivity index (χ2v) is 4.53. The first-order chi connectivity index (χ1) is 9.63. The molecule has 1 aromatic rings. The number of amides is 2. The fraction of sp³-hybridized carbons (Fsp3) is 0.429. The van der Waals surface area contributed by atoms with Crippen molar-refractivity contribution in [3.8, 4) is 11.5 Å². The van der Waals surface area contributed by atoms with Gasteiger partial charge in [0, 0.05) is 19.0 Å². The summed E-state index contributed by atoms with van der Waals surface area (Å²) in [6, 6.07) is 5.14. The van der Waals surface area contributed by atoms with Crippen LogP contribution in [-0.4, -0.2) is 44.0 Å². The number of likely N-dealkylation sites (tertiary alicyclic amines) is 1. The fourth-order valence-electron chi connectivity index (χ4n) is 2.14. The van der Waals surface area contributed by atoms with Gasteiger partial charge in [0.25, 0.3) is 0 Å². The van der Waals surface area contributed by atoms with Crippen molar-refractivity contribution in [3.05, 3.63) is 18.2 Å². The lowest BCUT2D eigenvalue weighted by molar-refractivity contribution is -0.131. The molecule has 1 heterocycles. The first-order valence-electron chi connectivity index (χ1n) is 6.43. The molecule has 0 spiro atoms. The lowest BCUT2D eigenvalue weighted by atomic mass is 10.2. The van der Waals surface area contributed by atoms with E-state index < -0.39 is 0 Å². The third-order valence-electron chi connectivity index (χ3n) is 3.19. The van der Waals surface area contributed by atoms with E-state index in [0.29, 0.717) is 30.2 Å². The number of anilines is 1. The fourth-order valence-corrected chi connectivity index (χ4v) is 2.14. The summed E-state index contributed by atoms with van der Waals surface area (Å²) in [5.41, 5.74) is 0.560. The molecule has 0 saturated carbocycles. The molecule has 20 heavy (non-hydrogen) atoms. The van der Waals surface area contributed by atoms with Crippen LogP contribution in [-0.2, 0) is 9.59 Å². The largest absolute Gasteiger partial charge is 0.497 e. The van der Waals surface area contributed by atoms with E-state index in [0.717, 1.165) is 6.42 Å². The topological polar surface area (TPSA) is 67.9 Å². The molecular weight excluding hydrogens is 260 g/mol. The quantitative estimate of drug-likeness (QED) is 0.880. The van der Waals surface area contributed by atoms with Gasteiger partial charge in [-0.1, -0.05) is 0 Å². The molecule has 0 bridgehead atoms. The SMILES string of the molecule is COc1ccc(NC(=O)CN2CCCC2=O)c(OC)c1. The van der Waals surface area contributed by atoms with Gasteiger partial charge in [0.15, 0.2) is 0 Å². The average molecular weight is 278 g/mol. The van der Waals surface area contributed by atoms with E-state index in [1.807, 2.05) is 0 Å². The van der Waals surface area contributed by atoms with Crippen molar-refractivity contribution in [1.29, 1.82) is 0 Å². The predicted molar refractivity (Wildman–Crippen MR) is 74.0 cm³/mol. The maximum Gasteiger partial charge on any atom is 0.244 e. The summed E-state index contributed by atoms with van der Waals surface area (Å²) in [5, 5.41) is 2.75. The van der Waals surface area contributed by atoms with Gasteiger partial charge < -0.3 is 19.7 Å².